The zero-order valence-electron chi connectivity index (χ0n) is 32.0. The van der Waals surface area contributed by atoms with Crippen molar-refractivity contribution in [3.8, 4) is 44.6 Å². The topological polar surface area (TPSA) is 25.8 Å². The molecule has 1 aliphatic carbocycles. The molecular weight excluding hydrogens is 697 g/mol. The van der Waals surface area contributed by atoms with Gasteiger partial charge in [-0.25, -0.2) is 4.98 Å². The number of thioether (sulfide) groups is 1. The molecule has 0 saturated carbocycles. The Morgan fingerprint density at radius 2 is 1.25 bits per heavy atom. The van der Waals surface area contributed by atoms with E-state index < -0.39 is 0 Å². The second-order valence-corrected chi connectivity index (χ2v) is 15.9. The van der Waals surface area contributed by atoms with Crippen LogP contribution in [-0.2, 0) is 12.8 Å². The molecule has 0 aliphatic heterocycles. The zero-order chi connectivity index (χ0) is 37.8. The average molecular weight is 741 g/mol. The second kappa shape index (κ2) is 16.0. The third-order valence-electron chi connectivity index (χ3n) is 11.1. The minimum Gasteiger partial charge on any atom is -0.252 e. The van der Waals surface area contributed by atoms with Crippen LogP contribution in [0.15, 0.2) is 175 Å². The normalized spacial score (nSPS) is 13.8. The molecule has 1 aromatic heterocycles. The fraction of sp³-hybridized carbons (Fsp3) is 0.132. The Kier molecular flexibility index (Phi) is 10.2. The third-order valence-corrected chi connectivity index (χ3v) is 12.2. The molecule has 7 aromatic carbocycles. The monoisotopic (exact) mass is 740 g/mol. The number of hydrogen-bond donors (Lipinski definition) is 0. The molecule has 3 heteroatoms. The van der Waals surface area contributed by atoms with Crippen LogP contribution in [0.3, 0.4) is 0 Å². The van der Waals surface area contributed by atoms with Gasteiger partial charge in [0.2, 0.25) is 0 Å². The van der Waals surface area contributed by atoms with Crippen LogP contribution in [0.25, 0.3) is 72.5 Å². The molecular formula is C53H44N2S. The van der Waals surface area contributed by atoms with Gasteiger partial charge in [0.05, 0.1) is 22.9 Å². The lowest BCUT2D eigenvalue weighted by molar-refractivity contribution is 0.780. The molecule has 1 aliphatic rings. The molecule has 272 valence electrons. The summed E-state index contributed by atoms with van der Waals surface area (Å²) in [6.07, 6.45) is 13.9. The van der Waals surface area contributed by atoms with Crippen molar-refractivity contribution in [2.75, 3.05) is 5.75 Å². The smallest absolute Gasteiger partial charge is 0.0975 e. The van der Waals surface area contributed by atoms with Crippen LogP contribution in [0.1, 0.15) is 48.4 Å². The SMILES string of the molecule is C/C=C\Cc1ccccc1SCCc1cccc(-c2cccc(-c3cccc(-c4cccc(-c5cnc6c(n5)c5c(c7ccccc76)C(C)CC=C5)c4)c3)c2)c1. The lowest BCUT2D eigenvalue weighted by Gasteiger charge is -2.22. The maximum absolute atomic E-state index is 5.31. The predicted molar refractivity (Wildman–Crippen MR) is 240 cm³/mol. The van der Waals surface area contributed by atoms with Gasteiger partial charge in [-0.05, 0) is 112 Å². The summed E-state index contributed by atoms with van der Waals surface area (Å²) in [6, 6.07) is 53.1. The average Bonchev–Trinajstić information content (AvgIpc) is 3.26. The Morgan fingerprint density at radius 1 is 0.643 bits per heavy atom. The van der Waals surface area contributed by atoms with Gasteiger partial charge < -0.3 is 0 Å². The molecule has 2 nitrogen and oxygen atoms in total. The first kappa shape index (κ1) is 35.7. The van der Waals surface area contributed by atoms with Crippen molar-refractivity contribution in [1.82, 2.24) is 9.97 Å². The molecule has 0 fully saturated rings. The quantitative estimate of drug-likeness (QED) is 0.0793. The zero-order valence-corrected chi connectivity index (χ0v) is 32.8. The number of rotatable bonds is 10. The summed E-state index contributed by atoms with van der Waals surface area (Å²) < 4.78 is 0. The number of fused-ring (bicyclic) bond motifs is 6. The molecule has 56 heavy (non-hydrogen) atoms. The van der Waals surface area contributed by atoms with Crippen molar-refractivity contribution in [2.24, 2.45) is 0 Å². The Labute approximate surface area is 334 Å². The molecule has 1 atom stereocenters. The fourth-order valence-corrected chi connectivity index (χ4v) is 9.24. The number of benzene rings is 7. The molecule has 0 radical (unpaired) electrons. The standard InChI is InChI=1S/C53H44N2S/c1-3-4-16-38-17-5-8-28-50(38)56-30-29-37-15-10-18-39(31-37)40-19-11-20-41(32-40)42-21-12-22-43(33-42)44-23-13-24-45(34-44)49-35-54-52-47-26-7-6-25-46(47)51-36(2)14-9-27-48(51)53(52)55-49/h3-13,15,17-28,31-36H,14,16,29-30H2,1-2H3/b4-3-. The van der Waals surface area contributed by atoms with Crippen LogP contribution < -0.4 is 0 Å². The van der Waals surface area contributed by atoms with E-state index in [-0.39, 0.29) is 0 Å². The van der Waals surface area contributed by atoms with E-state index in [1.54, 1.807) is 0 Å². The first-order valence-corrected chi connectivity index (χ1v) is 20.7. The Hall–Kier alpha value is -6.03. The highest BCUT2D eigenvalue weighted by Gasteiger charge is 2.21. The highest BCUT2D eigenvalue weighted by molar-refractivity contribution is 7.99. The summed E-state index contributed by atoms with van der Waals surface area (Å²) in [6.45, 7) is 4.40. The highest BCUT2D eigenvalue weighted by Crippen LogP contribution is 2.41. The van der Waals surface area contributed by atoms with Gasteiger partial charge >= 0.3 is 0 Å². The molecule has 0 saturated heterocycles. The van der Waals surface area contributed by atoms with Gasteiger partial charge in [0, 0.05) is 27.2 Å². The minimum atomic E-state index is 0.438. The van der Waals surface area contributed by atoms with Crippen molar-refractivity contribution in [1.29, 1.82) is 0 Å². The Balaban J connectivity index is 0.967. The molecule has 8 aromatic rings. The summed E-state index contributed by atoms with van der Waals surface area (Å²) in [7, 11) is 0. The lowest BCUT2D eigenvalue weighted by Crippen LogP contribution is -2.04. The van der Waals surface area contributed by atoms with Crippen molar-refractivity contribution in [3.05, 3.63) is 192 Å². The summed E-state index contributed by atoms with van der Waals surface area (Å²) in [4.78, 5) is 11.7. The predicted octanol–water partition coefficient (Wildman–Crippen LogP) is 14.4. The largest absolute Gasteiger partial charge is 0.252 e. The van der Waals surface area contributed by atoms with Crippen LogP contribution in [0.5, 0.6) is 0 Å². The van der Waals surface area contributed by atoms with Gasteiger partial charge in [-0.15, -0.1) is 11.8 Å². The third kappa shape index (κ3) is 7.23. The van der Waals surface area contributed by atoms with Crippen molar-refractivity contribution < 1.29 is 0 Å². The lowest BCUT2D eigenvalue weighted by atomic mass is 9.83. The van der Waals surface area contributed by atoms with Crippen LogP contribution >= 0.6 is 11.8 Å². The van der Waals surface area contributed by atoms with E-state index in [9.17, 15) is 0 Å². The first-order valence-electron chi connectivity index (χ1n) is 19.7. The van der Waals surface area contributed by atoms with Crippen LogP contribution in [0, 0.1) is 0 Å². The van der Waals surface area contributed by atoms with Gasteiger partial charge in [0.25, 0.3) is 0 Å². The minimum absolute atomic E-state index is 0.438. The van der Waals surface area contributed by atoms with E-state index in [2.05, 4.69) is 184 Å². The summed E-state index contributed by atoms with van der Waals surface area (Å²) in [5.74, 6) is 1.49. The van der Waals surface area contributed by atoms with Gasteiger partial charge in [0.1, 0.15) is 0 Å². The van der Waals surface area contributed by atoms with Crippen molar-refractivity contribution in [2.45, 2.75) is 43.9 Å². The first-order chi connectivity index (χ1) is 27.6. The Morgan fingerprint density at radius 3 is 1.96 bits per heavy atom. The fourth-order valence-electron chi connectivity index (χ4n) is 8.18. The van der Waals surface area contributed by atoms with E-state index >= 15 is 0 Å². The maximum Gasteiger partial charge on any atom is 0.0975 e. The second-order valence-electron chi connectivity index (χ2n) is 14.8. The van der Waals surface area contributed by atoms with Crippen molar-refractivity contribution >= 4 is 39.6 Å². The number of nitrogens with zero attached hydrogens (tertiary/aromatic N) is 2. The van der Waals surface area contributed by atoms with Crippen LogP contribution in [0.4, 0.5) is 0 Å². The molecule has 0 spiro atoms. The number of allylic oxidation sites excluding steroid dienone is 3. The summed E-state index contributed by atoms with van der Waals surface area (Å²) in [5, 5.41) is 2.47. The van der Waals surface area contributed by atoms with E-state index in [0.717, 1.165) is 52.9 Å². The molecule has 0 amide bonds. The van der Waals surface area contributed by atoms with E-state index in [4.69, 9.17) is 9.97 Å². The maximum atomic E-state index is 5.31. The van der Waals surface area contributed by atoms with Crippen LogP contribution in [-0.4, -0.2) is 15.7 Å². The van der Waals surface area contributed by atoms with Gasteiger partial charge in [-0.1, -0.05) is 153 Å². The molecule has 0 N–H and O–H groups in total. The molecule has 0 bridgehead atoms. The summed E-state index contributed by atoms with van der Waals surface area (Å²) in [5.41, 5.74) is 16.5. The van der Waals surface area contributed by atoms with E-state index in [1.807, 2.05) is 18.0 Å². The van der Waals surface area contributed by atoms with Gasteiger partial charge in [-0.2, -0.15) is 0 Å². The number of hydrogen-bond acceptors (Lipinski definition) is 3. The highest BCUT2D eigenvalue weighted by atomic mass is 32.2. The number of aromatic nitrogens is 2. The van der Waals surface area contributed by atoms with Gasteiger partial charge in [0.15, 0.2) is 0 Å². The van der Waals surface area contributed by atoms with E-state index in [1.165, 1.54) is 65.7 Å². The van der Waals surface area contributed by atoms with Gasteiger partial charge in [-0.3, -0.25) is 4.98 Å². The van der Waals surface area contributed by atoms with Crippen molar-refractivity contribution in [3.63, 3.8) is 0 Å². The van der Waals surface area contributed by atoms with E-state index in [0.29, 0.717) is 5.92 Å². The van der Waals surface area contributed by atoms with Crippen LogP contribution in [0.2, 0.25) is 0 Å². The molecule has 1 heterocycles. The molecule has 9 rings (SSSR count). The number of aryl methyl sites for hydroxylation is 1. The Bertz CT molecular complexity index is 2780. The molecule has 1 unspecified atom stereocenters. The summed E-state index contributed by atoms with van der Waals surface area (Å²) >= 11 is 1.96.